The molecule has 174 valence electrons. The summed E-state index contributed by atoms with van der Waals surface area (Å²) in [5.74, 6) is 0.109. The number of hydrogen-bond donors (Lipinski definition) is 0. The van der Waals surface area contributed by atoms with Crippen LogP contribution in [-0.4, -0.2) is 44.0 Å². The number of hydrogen-bond acceptors (Lipinski definition) is 4. The lowest BCUT2D eigenvalue weighted by molar-refractivity contribution is -0.162. The molecule has 2 aromatic carbocycles. The third-order valence-electron chi connectivity index (χ3n) is 7.41. The molecule has 2 bridgehead atoms. The maximum atomic E-state index is 13.1. The van der Waals surface area contributed by atoms with E-state index in [9.17, 15) is 4.79 Å². The summed E-state index contributed by atoms with van der Waals surface area (Å²) in [4.78, 5) is 13.1. The van der Waals surface area contributed by atoms with Crippen molar-refractivity contribution in [2.75, 3.05) is 13.2 Å². The van der Waals surface area contributed by atoms with Crippen LogP contribution in [0.5, 0.6) is 0 Å². The van der Waals surface area contributed by atoms with Crippen LogP contribution in [0.4, 0.5) is 0 Å². The largest absolute Gasteiger partial charge is 0.403 e. The highest BCUT2D eigenvalue weighted by Gasteiger charge is 2.59. The summed E-state index contributed by atoms with van der Waals surface area (Å²) >= 11 is 3.85. The summed E-state index contributed by atoms with van der Waals surface area (Å²) < 4.78 is 17.9. The van der Waals surface area contributed by atoms with Gasteiger partial charge in [-0.05, 0) is 33.8 Å². The Bertz CT molecular complexity index is 1010. The molecule has 3 aliphatic rings. The third kappa shape index (κ3) is 3.80. The van der Waals surface area contributed by atoms with Gasteiger partial charge in [0.25, 0.3) is 8.32 Å². The summed E-state index contributed by atoms with van der Waals surface area (Å²) in [5, 5.41) is 2.45. The van der Waals surface area contributed by atoms with Crippen molar-refractivity contribution < 1.29 is 18.7 Å². The minimum absolute atomic E-state index is 0.0114. The van der Waals surface area contributed by atoms with E-state index in [2.05, 4.69) is 103 Å². The molecule has 0 aromatic heterocycles. The Morgan fingerprint density at radius 3 is 2.24 bits per heavy atom. The Morgan fingerprint density at radius 1 is 1.06 bits per heavy atom. The van der Waals surface area contributed by atoms with Crippen LogP contribution in [0.1, 0.15) is 33.6 Å². The molecule has 2 fully saturated rings. The fourth-order valence-corrected chi connectivity index (χ4v) is 11.4. The monoisotopic (exact) mass is 526 g/mol. The molecule has 0 saturated carbocycles. The van der Waals surface area contributed by atoms with Crippen molar-refractivity contribution in [3.05, 3.63) is 72.3 Å². The molecule has 4 nitrogen and oxygen atoms in total. The fourth-order valence-electron chi connectivity index (χ4n) is 5.77. The second-order valence-electron chi connectivity index (χ2n) is 10.4. The molecular weight excluding hydrogens is 496 g/mol. The Balaban J connectivity index is 1.48. The molecule has 2 aliphatic heterocycles. The van der Waals surface area contributed by atoms with E-state index in [1.807, 2.05) is 0 Å². The molecule has 2 aromatic rings. The molecule has 0 N–H and O–H groups in total. The van der Waals surface area contributed by atoms with Crippen molar-refractivity contribution >= 4 is 40.4 Å². The average molecular weight is 528 g/mol. The predicted molar refractivity (Wildman–Crippen MR) is 136 cm³/mol. The Kier molecular flexibility index (Phi) is 6.02. The van der Waals surface area contributed by atoms with Crippen molar-refractivity contribution in [2.45, 2.75) is 55.4 Å². The summed E-state index contributed by atoms with van der Waals surface area (Å²) in [6.07, 6.45) is 2.92. The number of ether oxygens (including phenoxy) is 2. The SMILES string of the molecule is CC(C)(C)[Si](OCC1=CCC2[C@H]3CO[C@H](O3)C(=O)[C@]2(Br)C1)(c1ccccc1)c1ccccc1. The Hall–Kier alpha value is -1.57. The zero-order valence-corrected chi connectivity index (χ0v) is 22.0. The van der Waals surface area contributed by atoms with Gasteiger partial charge in [-0.1, -0.05) is 103 Å². The van der Waals surface area contributed by atoms with Gasteiger partial charge in [-0.2, -0.15) is 0 Å². The first-order chi connectivity index (χ1) is 15.8. The molecule has 0 amide bonds. The second-order valence-corrected chi connectivity index (χ2v) is 16.1. The molecule has 1 unspecified atom stereocenters. The van der Waals surface area contributed by atoms with Gasteiger partial charge in [-0.3, -0.25) is 4.79 Å². The number of fused-ring (bicyclic) bond motifs is 4. The van der Waals surface area contributed by atoms with Gasteiger partial charge in [0.1, 0.15) is 0 Å². The van der Waals surface area contributed by atoms with Crippen molar-refractivity contribution in [3.63, 3.8) is 0 Å². The molecule has 33 heavy (non-hydrogen) atoms. The molecule has 0 radical (unpaired) electrons. The summed E-state index contributed by atoms with van der Waals surface area (Å²) in [6, 6.07) is 21.3. The number of benzene rings is 2. The van der Waals surface area contributed by atoms with E-state index in [-0.39, 0.29) is 22.8 Å². The van der Waals surface area contributed by atoms with E-state index >= 15 is 0 Å². The van der Waals surface area contributed by atoms with Gasteiger partial charge in [-0.25, -0.2) is 0 Å². The van der Waals surface area contributed by atoms with Gasteiger partial charge in [0.05, 0.1) is 23.6 Å². The highest BCUT2D eigenvalue weighted by atomic mass is 79.9. The topological polar surface area (TPSA) is 44.8 Å². The summed E-state index contributed by atoms with van der Waals surface area (Å²) in [7, 11) is -2.62. The highest BCUT2D eigenvalue weighted by molar-refractivity contribution is 9.10. The number of allylic oxidation sites excluding steroid dienone is 1. The lowest BCUT2D eigenvalue weighted by atomic mass is 9.73. The summed E-state index contributed by atoms with van der Waals surface area (Å²) in [5.41, 5.74) is 1.17. The first-order valence-corrected chi connectivity index (χ1v) is 14.4. The van der Waals surface area contributed by atoms with Gasteiger partial charge in [0, 0.05) is 5.92 Å². The maximum Gasteiger partial charge on any atom is 0.261 e. The van der Waals surface area contributed by atoms with Crippen LogP contribution in [0.15, 0.2) is 72.3 Å². The van der Waals surface area contributed by atoms with E-state index in [4.69, 9.17) is 13.9 Å². The molecule has 4 atom stereocenters. The second kappa shape index (κ2) is 8.58. The van der Waals surface area contributed by atoms with Gasteiger partial charge in [-0.15, -0.1) is 0 Å². The van der Waals surface area contributed by atoms with Gasteiger partial charge < -0.3 is 13.9 Å². The van der Waals surface area contributed by atoms with Crippen LogP contribution >= 0.6 is 15.9 Å². The Labute approximate surface area is 205 Å². The maximum absolute atomic E-state index is 13.1. The van der Waals surface area contributed by atoms with Crippen molar-refractivity contribution in [2.24, 2.45) is 5.92 Å². The van der Waals surface area contributed by atoms with Gasteiger partial charge in [0.15, 0.2) is 0 Å². The van der Waals surface area contributed by atoms with Gasteiger partial charge in [0.2, 0.25) is 12.1 Å². The molecule has 6 heteroatoms. The quantitative estimate of drug-likeness (QED) is 0.330. The number of alkyl halides is 1. The van der Waals surface area contributed by atoms with Crippen molar-refractivity contribution in [1.82, 2.24) is 0 Å². The average Bonchev–Trinajstić information content (AvgIpc) is 3.25. The molecular formula is C27H31BrO4Si. The molecule has 2 saturated heterocycles. The lowest BCUT2D eigenvalue weighted by Gasteiger charge is -2.45. The van der Waals surface area contributed by atoms with E-state index in [1.165, 1.54) is 15.9 Å². The predicted octanol–water partition coefficient (Wildman–Crippen LogP) is 4.36. The normalized spacial score (nSPS) is 29.5. The van der Waals surface area contributed by atoms with Crippen LogP contribution < -0.4 is 10.4 Å². The smallest absolute Gasteiger partial charge is 0.261 e. The van der Waals surface area contributed by atoms with Crippen LogP contribution in [0.2, 0.25) is 5.04 Å². The Morgan fingerprint density at radius 2 is 1.67 bits per heavy atom. The standard InChI is InChI=1S/C27H31BrO4Si/c1-26(2,3)33(20-10-6-4-7-11-20,21-12-8-5-9-13-21)31-17-19-14-15-22-23-18-30-25(32-23)24(29)27(22,28)16-19/h4-14,22-23,25H,15-18H2,1-3H3/t22?,23-,25-,27+/m1/s1. The minimum Gasteiger partial charge on any atom is -0.403 e. The first kappa shape index (κ1) is 23.2. The first-order valence-electron chi connectivity index (χ1n) is 11.7. The van der Waals surface area contributed by atoms with E-state index in [0.29, 0.717) is 19.6 Å². The van der Waals surface area contributed by atoms with Crippen LogP contribution in [0.25, 0.3) is 0 Å². The number of ketones is 1. The van der Waals surface area contributed by atoms with Gasteiger partial charge >= 0.3 is 0 Å². The van der Waals surface area contributed by atoms with Crippen molar-refractivity contribution in [1.29, 1.82) is 0 Å². The molecule has 0 spiro atoms. The van der Waals surface area contributed by atoms with Crippen LogP contribution in [-0.2, 0) is 18.7 Å². The third-order valence-corrected chi connectivity index (χ3v) is 13.6. The van der Waals surface area contributed by atoms with E-state index in [1.54, 1.807) is 0 Å². The fraction of sp³-hybridized carbons (Fsp3) is 0.444. The number of halogens is 1. The number of rotatable bonds is 5. The molecule has 1 aliphatic carbocycles. The summed E-state index contributed by atoms with van der Waals surface area (Å²) in [6.45, 7) is 7.86. The number of carbonyl (C=O) groups excluding carboxylic acids is 1. The van der Waals surface area contributed by atoms with E-state index < -0.39 is 18.9 Å². The molecule has 2 heterocycles. The minimum atomic E-state index is -2.62. The van der Waals surface area contributed by atoms with E-state index in [0.717, 1.165) is 6.42 Å². The van der Waals surface area contributed by atoms with Crippen LogP contribution in [0.3, 0.4) is 0 Å². The number of Topliss-reactive ketones (excluding diaryl/α,β-unsaturated/α-hetero) is 1. The molecule has 5 rings (SSSR count). The zero-order chi connectivity index (χ0) is 23.3. The lowest BCUT2D eigenvalue weighted by Crippen LogP contribution is -2.66. The van der Waals surface area contributed by atoms with Crippen molar-refractivity contribution in [3.8, 4) is 0 Å². The highest BCUT2D eigenvalue weighted by Crippen LogP contribution is 2.50. The van der Waals surface area contributed by atoms with Crippen LogP contribution in [0, 0.1) is 5.92 Å². The zero-order valence-electron chi connectivity index (χ0n) is 19.4. The number of carbonyl (C=O) groups is 1.